The average molecular weight is 490 g/mol. The number of halogens is 4. The molecule has 0 unspecified atom stereocenters. The highest BCUT2D eigenvalue weighted by atomic mass is 32.2. The number of sulfonamides is 1. The van der Waals surface area contributed by atoms with Gasteiger partial charge < -0.3 is 19.7 Å². The number of nitrogens with one attached hydrogen (secondary N) is 1. The molecule has 0 saturated heterocycles. The highest BCUT2D eigenvalue weighted by Gasteiger charge is 2.49. The van der Waals surface area contributed by atoms with Crippen LogP contribution in [-0.2, 0) is 17.1 Å². The number of aliphatic hydroxyl groups is 1. The summed E-state index contributed by atoms with van der Waals surface area (Å²) < 4.78 is 85.9. The van der Waals surface area contributed by atoms with E-state index in [1.165, 1.54) is 7.05 Å². The fraction of sp³-hybridized carbons (Fsp3) is 0.316. The molecule has 1 aromatic carbocycles. The van der Waals surface area contributed by atoms with Gasteiger partial charge in [0.2, 0.25) is 0 Å². The first-order valence-corrected chi connectivity index (χ1v) is 10.4. The van der Waals surface area contributed by atoms with E-state index in [1.54, 1.807) is 6.07 Å². The Morgan fingerprint density at radius 3 is 2.58 bits per heavy atom. The first kappa shape index (κ1) is 25.8. The lowest BCUT2D eigenvalue weighted by molar-refractivity contribution is -0.256. The van der Waals surface area contributed by atoms with Crippen LogP contribution >= 0.6 is 0 Å². The van der Waals surface area contributed by atoms with Crippen LogP contribution in [0.3, 0.4) is 0 Å². The van der Waals surface area contributed by atoms with Crippen LogP contribution in [0, 0.1) is 17.1 Å². The second-order valence-electron chi connectivity index (χ2n) is 7.02. The van der Waals surface area contributed by atoms with E-state index in [4.69, 9.17) is 10.00 Å². The van der Waals surface area contributed by atoms with Crippen LogP contribution in [0.2, 0.25) is 0 Å². The Hall–Kier alpha value is -3.44. The van der Waals surface area contributed by atoms with Gasteiger partial charge in [0.15, 0.2) is 17.0 Å². The summed E-state index contributed by atoms with van der Waals surface area (Å²) in [7, 11) is -3.17. The zero-order valence-corrected chi connectivity index (χ0v) is 18.1. The standard InChI is InChI=1S/C19H18F4N4O5S/c1-18(29,19(21,22)23)6-7-32-16-14(33(30,31)25-2)10-27(3)15(16)17(28)26-12-4-5-13(20)11(8-12)9-24/h4-5,8,10,29H,2,6-7H2,1,3H3,(H,26,28)/t18-/m0/s1. The molecule has 0 aliphatic rings. The van der Waals surface area contributed by atoms with Gasteiger partial charge >= 0.3 is 6.18 Å². The molecule has 1 heterocycles. The molecule has 0 saturated carbocycles. The van der Waals surface area contributed by atoms with Crippen molar-refractivity contribution in [2.24, 2.45) is 11.4 Å². The fourth-order valence-electron chi connectivity index (χ4n) is 2.60. The Labute approximate surface area is 186 Å². The van der Waals surface area contributed by atoms with Crippen LogP contribution < -0.4 is 10.1 Å². The van der Waals surface area contributed by atoms with Crippen LogP contribution in [0.25, 0.3) is 0 Å². The van der Waals surface area contributed by atoms with Crippen LogP contribution in [0.5, 0.6) is 5.75 Å². The summed E-state index contributed by atoms with van der Waals surface area (Å²) in [4.78, 5) is 12.2. The van der Waals surface area contributed by atoms with Gasteiger partial charge in [0, 0.05) is 32.1 Å². The van der Waals surface area contributed by atoms with Crippen molar-refractivity contribution >= 4 is 28.3 Å². The molecule has 0 spiro atoms. The number of hydrogen-bond acceptors (Lipinski definition) is 6. The van der Waals surface area contributed by atoms with Crippen molar-refractivity contribution in [3.05, 3.63) is 41.5 Å². The molecule has 178 valence electrons. The normalized spacial score (nSPS) is 13.6. The average Bonchev–Trinajstić information content (AvgIpc) is 3.05. The third-order valence-corrected chi connectivity index (χ3v) is 5.74. The van der Waals surface area contributed by atoms with E-state index >= 15 is 0 Å². The quantitative estimate of drug-likeness (QED) is 0.432. The molecule has 9 nitrogen and oxygen atoms in total. The largest absolute Gasteiger partial charge is 0.490 e. The third kappa shape index (κ3) is 5.49. The highest BCUT2D eigenvalue weighted by Crippen LogP contribution is 2.35. The SMILES string of the molecule is C=NS(=O)(=O)c1cn(C)c(C(=O)Nc2ccc(F)c(C#N)c2)c1OCC[C@](C)(O)C(F)(F)F. The maximum absolute atomic E-state index is 13.5. The van der Waals surface area contributed by atoms with E-state index in [9.17, 15) is 35.9 Å². The van der Waals surface area contributed by atoms with Gasteiger partial charge in [-0.3, -0.25) is 4.79 Å². The lowest BCUT2D eigenvalue weighted by atomic mass is 10.0. The number of amides is 1. The molecule has 0 fully saturated rings. The topological polar surface area (TPSA) is 134 Å². The second-order valence-corrected chi connectivity index (χ2v) is 8.66. The Morgan fingerprint density at radius 2 is 2.03 bits per heavy atom. The summed E-state index contributed by atoms with van der Waals surface area (Å²) in [6.07, 6.45) is -5.01. The predicted octanol–water partition coefficient (Wildman–Crippen LogP) is 2.76. The van der Waals surface area contributed by atoms with Crippen LogP contribution in [0.4, 0.5) is 23.2 Å². The molecule has 2 rings (SSSR count). The fourth-order valence-corrected chi connectivity index (χ4v) is 3.42. The zero-order valence-electron chi connectivity index (χ0n) is 17.3. The summed E-state index contributed by atoms with van der Waals surface area (Å²) in [6, 6.07) is 4.68. The maximum atomic E-state index is 13.5. The number of aromatic nitrogens is 1. The van der Waals surface area contributed by atoms with E-state index in [2.05, 4.69) is 16.4 Å². The lowest BCUT2D eigenvalue weighted by Crippen LogP contribution is -2.43. The van der Waals surface area contributed by atoms with E-state index in [0.29, 0.717) is 6.92 Å². The number of ether oxygens (including phenoxy) is 1. The van der Waals surface area contributed by atoms with Gasteiger partial charge in [-0.05, 0) is 25.1 Å². The Balaban J connectivity index is 2.44. The molecule has 0 aliphatic carbocycles. The molecule has 0 aliphatic heterocycles. The van der Waals surface area contributed by atoms with E-state index in [0.717, 1.165) is 29.0 Å². The van der Waals surface area contributed by atoms with Gasteiger partial charge in [0.05, 0.1) is 12.2 Å². The van der Waals surface area contributed by atoms with Crippen molar-refractivity contribution in [3.8, 4) is 11.8 Å². The van der Waals surface area contributed by atoms with Gasteiger partial charge in [-0.1, -0.05) is 0 Å². The van der Waals surface area contributed by atoms with Crippen molar-refractivity contribution < 1.29 is 40.6 Å². The van der Waals surface area contributed by atoms with Crippen molar-refractivity contribution in [1.29, 1.82) is 5.26 Å². The molecule has 14 heteroatoms. The first-order valence-electron chi connectivity index (χ1n) is 9.00. The van der Waals surface area contributed by atoms with E-state index in [1.807, 2.05) is 0 Å². The number of carbonyl (C=O) groups excluding carboxylic acids is 1. The van der Waals surface area contributed by atoms with Gasteiger partial charge in [0.25, 0.3) is 15.9 Å². The predicted molar refractivity (Wildman–Crippen MR) is 108 cm³/mol. The summed E-state index contributed by atoms with van der Waals surface area (Å²) >= 11 is 0. The highest BCUT2D eigenvalue weighted by molar-refractivity contribution is 7.90. The number of nitriles is 1. The van der Waals surface area contributed by atoms with Crippen molar-refractivity contribution in [1.82, 2.24) is 4.57 Å². The zero-order chi connectivity index (χ0) is 25.2. The third-order valence-electron chi connectivity index (χ3n) is 4.56. The number of rotatable bonds is 8. The number of alkyl halides is 3. The molecule has 0 radical (unpaired) electrons. The second kappa shape index (κ2) is 9.20. The maximum Gasteiger partial charge on any atom is 0.417 e. The number of anilines is 1. The van der Waals surface area contributed by atoms with Gasteiger partial charge in [0.1, 0.15) is 16.8 Å². The minimum absolute atomic E-state index is 0.0173. The van der Waals surface area contributed by atoms with Crippen LogP contribution in [0.1, 0.15) is 29.4 Å². The molecular formula is C19H18F4N4O5S. The Morgan fingerprint density at radius 1 is 1.39 bits per heavy atom. The van der Waals surface area contributed by atoms with Crippen molar-refractivity contribution in [2.45, 2.75) is 30.0 Å². The number of carbonyl (C=O) groups is 1. The Kier molecular flexibility index (Phi) is 7.20. The number of hydrogen-bond donors (Lipinski definition) is 2. The van der Waals surface area contributed by atoms with Crippen LogP contribution in [0.15, 0.2) is 33.7 Å². The first-order chi connectivity index (χ1) is 15.1. The Bertz CT molecular complexity index is 1230. The molecular weight excluding hydrogens is 472 g/mol. The molecule has 2 N–H and O–H groups in total. The molecule has 1 amide bonds. The van der Waals surface area contributed by atoms with Crippen molar-refractivity contribution in [3.63, 3.8) is 0 Å². The number of aryl methyl sites for hydroxylation is 1. The van der Waals surface area contributed by atoms with Crippen molar-refractivity contribution in [2.75, 3.05) is 11.9 Å². The molecule has 0 bridgehead atoms. The number of nitrogens with zero attached hydrogens (tertiary/aromatic N) is 3. The summed E-state index contributed by atoms with van der Waals surface area (Å²) in [5.41, 5.74) is -3.95. The molecule has 2 aromatic rings. The molecule has 33 heavy (non-hydrogen) atoms. The lowest BCUT2D eigenvalue weighted by Gasteiger charge is -2.26. The molecule has 1 aromatic heterocycles. The minimum atomic E-state index is -4.98. The van der Waals surface area contributed by atoms with Gasteiger partial charge in [-0.25, -0.2) is 4.39 Å². The van der Waals surface area contributed by atoms with Gasteiger partial charge in [-0.15, -0.1) is 0 Å². The molecule has 1 atom stereocenters. The summed E-state index contributed by atoms with van der Waals surface area (Å²) in [5, 5.41) is 20.8. The summed E-state index contributed by atoms with van der Waals surface area (Å²) in [5.74, 6) is -2.43. The minimum Gasteiger partial charge on any atom is -0.490 e. The monoisotopic (exact) mass is 490 g/mol. The van der Waals surface area contributed by atoms with E-state index in [-0.39, 0.29) is 11.3 Å². The number of benzene rings is 1. The van der Waals surface area contributed by atoms with E-state index < -0.39 is 62.9 Å². The van der Waals surface area contributed by atoms with Gasteiger partial charge in [-0.2, -0.15) is 31.2 Å². The smallest absolute Gasteiger partial charge is 0.417 e. The van der Waals surface area contributed by atoms with Crippen LogP contribution in [-0.4, -0.2) is 49.1 Å². The summed E-state index contributed by atoms with van der Waals surface area (Å²) in [6.45, 7) is 2.62.